The molecule has 0 atom stereocenters. The molecule has 0 aliphatic rings. The molecule has 3 heteroatoms. The molecule has 1 rings (SSSR count). The fourth-order valence-corrected chi connectivity index (χ4v) is 1.01. The lowest BCUT2D eigenvalue weighted by molar-refractivity contribution is -0.134. The summed E-state index contributed by atoms with van der Waals surface area (Å²) in [6.07, 6.45) is 1.68. The summed E-state index contributed by atoms with van der Waals surface area (Å²) in [5.74, 6) is -0.876. The van der Waals surface area contributed by atoms with Crippen LogP contribution in [0.4, 0.5) is 5.69 Å². The second kappa shape index (κ2) is 4.30. The highest BCUT2D eigenvalue weighted by molar-refractivity contribution is 5.75. The molecular weight excluding hydrogens is 166 g/mol. The molecule has 0 unspecified atom stereocenters. The van der Waals surface area contributed by atoms with Crippen LogP contribution in [0.15, 0.2) is 30.8 Å². The van der Waals surface area contributed by atoms with E-state index < -0.39 is 5.97 Å². The van der Waals surface area contributed by atoms with Gasteiger partial charge in [-0.05, 0) is 11.6 Å². The summed E-state index contributed by atoms with van der Waals surface area (Å²) in [5, 5.41) is 11.2. The Morgan fingerprint density at radius 1 is 1.54 bits per heavy atom. The average Bonchev–Trinajstić information content (AvgIpc) is 2.15. The zero-order valence-electron chi connectivity index (χ0n) is 7.16. The van der Waals surface area contributed by atoms with Crippen LogP contribution in [0.3, 0.4) is 0 Å². The lowest BCUT2D eigenvalue weighted by Crippen LogP contribution is -2.12. The molecule has 0 aliphatic heterocycles. The highest BCUT2D eigenvalue weighted by Gasteiger charge is 1.99. The van der Waals surface area contributed by atoms with Crippen LogP contribution in [0, 0.1) is 0 Å². The quantitative estimate of drug-likeness (QED) is 0.737. The number of carboxylic acids is 1. The molecule has 0 fully saturated rings. The van der Waals surface area contributed by atoms with Crippen molar-refractivity contribution < 1.29 is 9.90 Å². The zero-order valence-corrected chi connectivity index (χ0v) is 7.16. The van der Waals surface area contributed by atoms with Gasteiger partial charge in [0.1, 0.15) is 6.54 Å². The minimum atomic E-state index is -0.876. The fraction of sp³-hybridized carbons (Fsp3) is 0.100. The van der Waals surface area contributed by atoms with Gasteiger partial charge in [-0.3, -0.25) is 4.79 Å². The van der Waals surface area contributed by atoms with Gasteiger partial charge in [-0.2, -0.15) is 0 Å². The predicted octanol–water partition coefficient (Wildman–Crippen LogP) is 1.83. The van der Waals surface area contributed by atoms with Crippen molar-refractivity contribution in [3.63, 3.8) is 0 Å². The van der Waals surface area contributed by atoms with Crippen LogP contribution < -0.4 is 5.32 Å². The van der Waals surface area contributed by atoms with Crippen LogP contribution in [-0.2, 0) is 4.79 Å². The maximum atomic E-state index is 10.3. The Bertz CT molecular complexity index is 320. The van der Waals surface area contributed by atoms with Gasteiger partial charge in [-0.1, -0.05) is 30.9 Å². The van der Waals surface area contributed by atoms with E-state index in [1.54, 1.807) is 6.08 Å². The van der Waals surface area contributed by atoms with Crippen molar-refractivity contribution in [2.75, 3.05) is 11.9 Å². The third-order valence-electron chi connectivity index (χ3n) is 1.61. The third-order valence-corrected chi connectivity index (χ3v) is 1.61. The predicted molar refractivity (Wildman–Crippen MR) is 52.7 cm³/mol. The van der Waals surface area contributed by atoms with Gasteiger partial charge in [0.05, 0.1) is 0 Å². The Kier molecular flexibility index (Phi) is 3.09. The van der Waals surface area contributed by atoms with Crippen molar-refractivity contribution in [1.29, 1.82) is 0 Å². The lowest BCUT2D eigenvalue weighted by Gasteiger charge is -2.06. The Hall–Kier alpha value is -1.77. The number of aliphatic carboxylic acids is 1. The first-order valence-corrected chi connectivity index (χ1v) is 3.91. The number of carbonyl (C=O) groups is 1. The van der Waals surface area contributed by atoms with Gasteiger partial charge in [0, 0.05) is 5.69 Å². The summed E-state index contributed by atoms with van der Waals surface area (Å²) < 4.78 is 0. The van der Waals surface area contributed by atoms with E-state index in [2.05, 4.69) is 11.9 Å². The number of hydrogen-bond donors (Lipinski definition) is 2. The lowest BCUT2D eigenvalue weighted by atomic mass is 10.2. The molecule has 13 heavy (non-hydrogen) atoms. The van der Waals surface area contributed by atoms with Crippen LogP contribution in [0.2, 0.25) is 0 Å². The Labute approximate surface area is 76.7 Å². The van der Waals surface area contributed by atoms with Crippen molar-refractivity contribution in [2.24, 2.45) is 0 Å². The minimum Gasteiger partial charge on any atom is -0.480 e. The largest absolute Gasteiger partial charge is 0.480 e. The number of carboxylic acid groups (broad SMARTS) is 1. The third kappa shape index (κ3) is 2.63. The van der Waals surface area contributed by atoms with Crippen LogP contribution in [0.25, 0.3) is 6.08 Å². The van der Waals surface area contributed by atoms with Crippen LogP contribution in [-0.4, -0.2) is 17.6 Å². The highest BCUT2D eigenvalue weighted by Crippen LogP contribution is 2.15. The number of hydrogen-bond acceptors (Lipinski definition) is 2. The fourth-order valence-electron chi connectivity index (χ4n) is 1.01. The van der Waals surface area contributed by atoms with Crippen LogP contribution in [0.5, 0.6) is 0 Å². The summed E-state index contributed by atoms with van der Waals surface area (Å²) in [5.41, 5.74) is 1.70. The molecule has 0 aromatic heterocycles. The molecule has 0 spiro atoms. The monoisotopic (exact) mass is 177 g/mol. The zero-order chi connectivity index (χ0) is 9.68. The van der Waals surface area contributed by atoms with E-state index in [4.69, 9.17) is 5.11 Å². The van der Waals surface area contributed by atoms with E-state index in [1.807, 2.05) is 24.3 Å². The maximum Gasteiger partial charge on any atom is 0.322 e. The van der Waals surface area contributed by atoms with Gasteiger partial charge in [-0.25, -0.2) is 0 Å². The molecular formula is C10H11NO2. The second-order valence-corrected chi connectivity index (χ2v) is 2.54. The first-order valence-electron chi connectivity index (χ1n) is 3.91. The molecule has 3 nitrogen and oxygen atoms in total. The second-order valence-electron chi connectivity index (χ2n) is 2.54. The topological polar surface area (TPSA) is 49.3 Å². The molecule has 0 amide bonds. The van der Waals surface area contributed by atoms with Crippen molar-refractivity contribution in [1.82, 2.24) is 0 Å². The maximum absolute atomic E-state index is 10.3. The van der Waals surface area contributed by atoms with E-state index in [9.17, 15) is 4.79 Å². The van der Waals surface area contributed by atoms with Crippen molar-refractivity contribution in [3.05, 3.63) is 36.4 Å². The smallest absolute Gasteiger partial charge is 0.322 e. The molecule has 0 saturated carbocycles. The Morgan fingerprint density at radius 2 is 2.23 bits per heavy atom. The van der Waals surface area contributed by atoms with E-state index in [-0.39, 0.29) is 6.54 Å². The first kappa shape index (κ1) is 9.32. The number of rotatable bonds is 4. The first-order chi connectivity index (χ1) is 6.24. The summed E-state index contributed by atoms with van der Waals surface area (Å²) in [7, 11) is 0. The number of benzene rings is 1. The van der Waals surface area contributed by atoms with Crippen LogP contribution in [0.1, 0.15) is 5.56 Å². The SMILES string of the molecule is C=Cc1ccccc1NCC(=O)O. The van der Waals surface area contributed by atoms with Gasteiger partial charge < -0.3 is 10.4 Å². The molecule has 1 aromatic carbocycles. The normalized spacial score (nSPS) is 9.23. The molecule has 0 radical (unpaired) electrons. The number of anilines is 1. The molecule has 1 aromatic rings. The Morgan fingerprint density at radius 3 is 2.85 bits per heavy atom. The minimum absolute atomic E-state index is 0.0785. The summed E-state index contributed by atoms with van der Waals surface area (Å²) in [4.78, 5) is 10.3. The van der Waals surface area contributed by atoms with Crippen molar-refractivity contribution >= 4 is 17.7 Å². The van der Waals surface area contributed by atoms with Crippen molar-refractivity contribution in [2.45, 2.75) is 0 Å². The molecule has 0 saturated heterocycles. The van der Waals surface area contributed by atoms with E-state index in [0.29, 0.717) is 0 Å². The average molecular weight is 177 g/mol. The molecule has 68 valence electrons. The number of para-hydroxylation sites is 1. The van der Waals surface area contributed by atoms with Gasteiger partial charge in [0.25, 0.3) is 0 Å². The van der Waals surface area contributed by atoms with Gasteiger partial charge in [-0.15, -0.1) is 0 Å². The van der Waals surface area contributed by atoms with E-state index >= 15 is 0 Å². The molecule has 2 N–H and O–H groups in total. The number of nitrogens with one attached hydrogen (secondary N) is 1. The van der Waals surface area contributed by atoms with Gasteiger partial charge in [0.2, 0.25) is 0 Å². The summed E-state index contributed by atoms with van der Waals surface area (Å²) in [6, 6.07) is 7.41. The Balaban J connectivity index is 2.75. The molecule has 0 bridgehead atoms. The van der Waals surface area contributed by atoms with Crippen molar-refractivity contribution in [3.8, 4) is 0 Å². The van der Waals surface area contributed by atoms with E-state index in [0.717, 1.165) is 11.3 Å². The van der Waals surface area contributed by atoms with E-state index in [1.165, 1.54) is 0 Å². The van der Waals surface area contributed by atoms with Gasteiger partial charge in [0.15, 0.2) is 0 Å². The highest BCUT2D eigenvalue weighted by atomic mass is 16.4. The molecule has 0 aliphatic carbocycles. The standard InChI is InChI=1S/C10H11NO2/c1-2-8-5-3-4-6-9(8)11-7-10(12)13/h2-6,11H,1,7H2,(H,12,13). The summed E-state index contributed by atoms with van der Waals surface area (Å²) >= 11 is 0. The van der Waals surface area contributed by atoms with Gasteiger partial charge >= 0.3 is 5.97 Å². The molecule has 0 heterocycles. The van der Waals surface area contributed by atoms with Crippen LogP contribution >= 0.6 is 0 Å². The summed E-state index contributed by atoms with van der Waals surface area (Å²) in [6.45, 7) is 3.55.